The van der Waals surface area contributed by atoms with Gasteiger partial charge in [-0.25, -0.2) is 0 Å². The van der Waals surface area contributed by atoms with Crippen LogP contribution >= 0.6 is 15.9 Å². The number of unbranched alkanes of at least 4 members (excludes halogenated alkanes) is 24. The van der Waals surface area contributed by atoms with E-state index >= 15 is 0 Å². The summed E-state index contributed by atoms with van der Waals surface area (Å²) in [6, 6.07) is 43.5. The summed E-state index contributed by atoms with van der Waals surface area (Å²) >= 11 is 3.49. The molecule has 6 nitrogen and oxygen atoms in total. The van der Waals surface area contributed by atoms with E-state index < -0.39 is 16.6 Å². The maximum atomic E-state index is 7.21. The van der Waals surface area contributed by atoms with E-state index in [-0.39, 0.29) is 53.7 Å². The van der Waals surface area contributed by atoms with E-state index in [9.17, 15) is 0 Å². The van der Waals surface area contributed by atoms with Crippen molar-refractivity contribution in [2.45, 2.75) is 335 Å². The summed E-state index contributed by atoms with van der Waals surface area (Å²) in [4.78, 5) is 0. The predicted molar refractivity (Wildman–Crippen MR) is 420 cm³/mol. The maximum absolute atomic E-state index is 7.21. The van der Waals surface area contributed by atoms with E-state index in [2.05, 4.69) is 224 Å². The molecule has 0 aromatic heterocycles. The third-order valence-electron chi connectivity index (χ3n) is 18.5. The molecule has 10 heteroatoms. The molecule has 4 aromatic rings. The second kappa shape index (κ2) is 56.9. The van der Waals surface area contributed by atoms with Crippen LogP contribution in [0.5, 0.6) is 0 Å². The maximum Gasteiger partial charge on any atom is 1.00 e. The van der Waals surface area contributed by atoms with Crippen molar-refractivity contribution in [2.75, 3.05) is 31.8 Å². The van der Waals surface area contributed by atoms with Crippen LogP contribution in [0, 0.1) is 31.1 Å². The molecular weight excluding hydrogens is 1270 g/mol. The number of rotatable bonds is 43. The van der Waals surface area contributed by atoms with Crippen LogP contribution in [-0.2, 0) is 27.8 Å². The van der Waals surface area contributed by atoms with Gasteiger partial charge in [-0.2, -0.15) is 6.42 Å². The van der Waals surface area contributed by atoms with E-state index in [0.29, 0.717) is 0 Å². The smallest absolute Gasteiger partial charge is 0.405 e. The average molecular weight is 1410 g/mol. The van der Waals surface area contributed by atoms with Gasteiger partial charge in [0.2, 0.25) is 0 Å². The third-order valence-corrected chi connectivity index (χ3v) is 29.4. The Kier molecular flexibility index (Phi) is 52.9. The van der Waals surface area contributed by atoms with Crippen LogP contribution < -0.4 is 39.6 Å². The van der Waals surface area contributed by atoms with E-state index in [0.717, 1.165) is 90.6 Å². The number of ether oxygens (including phenoxy) is 4. The fraction of sp³-hybridized carbons (Fsp3) is 0.663. The molecule has 0 spiro atoms. The van der Waals surface area contributed by atoms with Gasteiger partial charge in [0.25, 0.3) is 16.6 Å². The van der Waals surface area contributed by atoms with Crippen LogP contribution in [-0.4, -0.2) is 73.2 Å². The second-order valence-electron chi connectivity index (χ2n) is 28.9. The zero-order valence-corrected chi connectivity index (χ0v) is 66.8. The van der Waals surface area contributed by atoms with Crippen LogP contribution in [0.4, 0.5) is 0 Å². The van der Waals surface area contributed by atoms with Crippen LogP contribution in [0.3, 0.4) is 0 Å². The molecule has 0 radical (unpaired) electrons. The first-order valence-electron chi connectivity index (χ1n) is 38.5. The number of hydrogen-bond donors (Lipinski definition) is 0. The van der Waals surface area contributed by atoms with Crippen molar-refractivity contribution >= 4 is 53.3 Å². The molecule has 0 N–H and O–H groups in total. The topological polar surface area (TPSA) is 55.4 Å². The summed E-state index contributed by atoms with van der Waals surface area (Å²) in [7, 11) is -4.90. The van der Waals surface area contributed by atoms with Crippen molar-refractivity contribution in [1.29, 1.82) is 0 Å². The number of halogens is 1. The van der Waals surface area contributed by atoms with E-state index in [1.807, 2.05) is 0 Å². The Hall–Kier alpha value is -2.73. The minimum Gasteiger partial charge on any atom is -0.405 e. The number of alkyl halides is 1. The molecule has 0 aliphatic carbocycles. The van der Waals surface area contributed by atoms with Gasteiger partial charge in [-0.3, -0.25) is 0 Å². The average Bonchev–Trinajstić information content (AvgIpc) is 0.758. The van der Waals surface area contributed by atoms with Crippen LogP contribution in [0.1, 0.15) is 300 Å². The van der Waals surface area contributed by atoms with Gasteiger partial charge < -0.3 is 34.7 Å². The molecule has 2 aliphatic rings. The molecule has 4 unspecified atom stereocenters. The molecule has 0 saturated carbocycles. The van der Waals surface area contributed by atoms with E-state index in [1.165, 1.54) is 199 Å². The van der Waals surface area contributed by atoms with Crippen molar-refractivity contribution in [3.05, 3.63) is 128 Å². The SMILES string of the molecule is BrCCCCCCCCCCCCCOC1CCCCO1.C#CCCCC(C)O[Si](c1ccccc1)(c1ccccc1)C(C)(C)C.CC(CCCC#CCCCCCCCCCCCCCOC1CCCCO1)O[Si](c1ccccc1)(c1ccccc1)C(C)(C)C.[CH2-]CCC.[Li+]. The van der Waals surface area contributed by atoms with Gasteiger partial charge in [0.15, 0.2) is 12.6 Å². The molecule has 2 heterocycles. The van der Waals surface area contributed by atoms with E-state index in [1.54, 1.807) is 0 Å². The van der Waals surface area contributed by atoms with Crippen molar-refractivity contribution in [2.24, 2.45) is 0 Å². The van der Waals surface area contributed by atoms with Gasteiger partial charge in [0.05, 0.1) is 0 Å². The summed E-state index contributed by atoms with van der Waals surface area (Å²) < 4.78 is 37.0. The Labute approximate surface area is 614 Å². The van der Waals surface area contributed by atoms with Gasteiger partial charge >= 0.3 is 18.9 Å². The minimum absolute atomic E-state index is 0. The number of benzene rings is 4. The predicted octanol–water partition coefficient (Wildman–Crippen LogP) is 19.9. The Bertz CT molecular complexity index is 2400. The van der Waals surface area contributed by atoms with Gasteiger partial charge in [0.1, 0.15) is 0 Å². The molecule has 4 aromatic carbocycles. The summed E-state index contributed by atoms with van der Waals surface area (Å²) in [6.07, 6.45) is 52.2. The molecule has 534 valence electrons. The molecule has 96 heavy (non-hydrogen) atoms. The van der Waals surface area contributed by atoms with Gasteiger partial charge in [-0.15, -0.1) is 24.2 Å². The Balaban J connectivity index is 0.000000517. The standard InChI is InChI=1S/C41H64O3Si.C23H30OSi.C18H35BrO2.C4H9.Li/c1-37(44-45(41(2,3)4,38-30-22-19-23-31-38)39-32-24-20-25-33-39)29-21-17-15-13-11-9-7-5-6-8-10-12-14-16-18-27-35-42-40-34-26-28-36-43-40;1-6-7-10-15-20(2)24-25(23(3,4)5,21-16-11-8-12-17-21)22-18-13-9-14-19-22;19-15-11-8-6-4-2-1-3-5-7-9-12-16-20-18-14-10-13-17-21-18;1-3-4-2;/h19-20,22-25,30-33,37,40H,5-12,14,16-18,21,26-29,34-36H2,1-4H3;1,8-9,11-14,16-20H,7,10,15H2,2-5H3;18H,1-17H2;1,3-4H2,2H3;/q;;;-1;+1. The zero-order valence-electron chi connectivity index (χ0n) is 63.2. The first-order valence-corrected chi connectivity index (χ1v) is 43.4. The summed E-state index contributed by atoms with van der Waals surface area (Å²) in [5, 5.41) is 6.58. The number of hydrogen-bond acceptors (Lipinski definition) is 6. The van der Waals surface area contributed by atoms with Crippen LogP contribution in [0.25, 0.3) is 0 Å². The first kappa shape index (κ1) is 89.4. The van der Waals surface area contributed by atoms with E-state index in [4.69, 9.17) is 34.2 Å². The molecular formula is C86H138BrLiO6Si2. The second-order valence-corrected chi connectivity index (χ2v) is 38.2. The molecule has 4 atom stereocenters. The molecule has 0 amide bonds. The van der Waals surface area contributed by atoms with Gasteiger partial charge in [-0.05, 0) is 135 Å². The summed E-state index contributed by atoms with van der Waals surface area (Å²) in [5.74, 6) is 9.63. The van der Waals surface area contributed by atoms with Crippen molar-refractivity contribution in [3.63, 3.8) is 0 Å². The molecule has 2 saturated heterocycles. The van der Waals surface area contributed by atoms with Crippen LogP contribution in [0.2, 0.25) is 10.1 Å². The largest absolute Gasteiger partial charge is 1.00 e. The molecule has 0 bridgehead atoms. The van der Waals surface area contributed by atoms with Crippen LogP contribution in [0.15, 0.2) is 121 Å². The quantitative estimate of drug-likeness (QED) is 0.0145. The van der Waals surface area contributed by atoms with Crippen molar-refractivity contribution in [1.82, 2.24) is 0 Å². The molecule has 2 aliphatic heterocycles. The van der Waals surface area contributed by atoms with Crippen molar-refractivity contribution in [3.8, 4) is 24.2 Å². The minimum atomic E-state index is -2.48. The Morgan fingerprint density at radius 1 is 0.458 bits per heavy atom. The third kappa shape index (κ3) is 37.8. The Morgan fingerprint density at radius 3 is 1.03 bits per heavy atom. The fourth-order valence-corrected chi connectivity index (χ4v) is 22.9. The first-order chi connectivity index (χ1) is 46.2. The zero-order chi connectivity index (χ0) is 68.8. The molecule has 6 rings (SSSR count). The molecule has 2 fully saturated rings. The van der Waals surface area contributed by atoms with Gasteiger partial charge in [0, 0.05) is 63.2 Å². The summed E-state index contributed by atoms with van der Waals surface area (Å²) in [5.41, 5.74) is 0. The monoisotopic (exact) mass is 1410 g/mol. The number of terminal acetylenes is 1. The summed E-state index contributed by atoms with van der Waals surface area (Å²) in [6.45, 7) is 27.7. The Morgan fingerprint density at radius 2 is 0.750 bits per heavy atom. The normalized spacial score (nSPS) is 15.5. The van der Waals surface area contributed by atoms with Gasteiger partial charge in [-0.1, -0.05) is 308 Å². The fourth-order valence-electron chi connectivity index (χ4n) is 13.1. The van der Waals surface area contributed by atoms with Crippen molar-refractivity contribution < 1.29 is 46.7 Å².